The van der Waals surface area contributed by atoms with E-state index in [-0.39, 0.29) is 11.9 Å². The Morgan fingerprint density at radius 1 is 1.22 bits per heavy atom. The van der Waals surface area contributed by atoms with Gasteiger partial charge in [0.15, 0.2) is 0 Å². The number of hydrogen-bond donors (Lipinski definition) is 1. The monoisotopic (exact) mass is 455 g/mol. The summed E-state index contributed by atoms with van der Waals surface area (Å²) in [6.07, 6.45) is 0.655. The van der Waals surface area contributed by atoms with Crippen LogP contribution in [0.5, 0.6) is 0 Å². The van der Waals surface area contributed by atoms with Gasteiger partial charge in [-0.2, -0.15) is 0 Å². The molecule has 2 rings (SSSR count). The lowest BCUT2D eigenvalue weighted by atomic mass is 10.0. The highest BCUT2D eigenvalue weighted by Gasteiger charge is 2.15. The summed E-state index contributed by atoms with van der Waals surface area (Å²) in [6.45, 7) is 0. The van der Waals surface area contributed by atoms with Crippen LogP contribution in [0, 0.1) is 5.82 Å². The molecule has 0 fully saturated rings. The van der Waals surface area contributed by atoms with E-state index in [2.05, 4.69) is 47.8 Å². The van der Waals surface area contributed by atoms with Crippen molar-refractivity contribution < 1.29 is 4.39 Å². The minimum atomic E-state index is -0.251. The lowest BCUT2D eigenvalue weighted by Crippen LogP contribution is -2.13. The molecule has 1 nitrogen and oxygen atoms in total. The molecule has 0 amide bonds. The number of rotatable bonds is 3. The van der Waals surface area contributed by atoms with Crippen LogP contribution in [-0.4, -0.2) is 0 Å². The lowest BCUT2D eigenvalue weighted by Gasteiger charge is -2.12. The van der Waals surface area contributed by atoms with Crippen LogP contribution in [-0.2, 0) is 6.42 Å². The van der Waals surface area contributed by atoms with Gasteiger partial charge in [-0.3, -0.25) is 0 Å². The fraction of sp³-hybridized carbons (Fsp3) is 0.167. The highest BCUT2D eigenvalue weighted by Crippen LogP contribution is 2.36. The predicted octanol–water partition coefficient (Wildman–Crippen LogP) is 5.42. The average molecular weight is 458 g/mol. The molecule has 1 unspecified atom stereocenters. The zero-order valence-corrected chi connectivity index (χ0v) is 14.7. The number of thiophene rings is 1. The summed E-state index contributed by atoms with van der Waals surface area (Å²) < 4.78 is 15.8. The van der Waals surface area contributed by atoms with Crippen molar-refractivity contribution in [3.05, 3.63) is 53.3 Å². The molecule has 0 saturated carbocycles. The van der Waals surface area contributed by atoms with Crippen molar-refractivity contribution in [3.63, 3.8) is 0 Å². The molecule has 0 bridgehead atoms. The van der Waals surface area contributed by atoms with Crippen molar-refractivity contribution in [2.75, 3.05) is 0 Å². The maximum Gasteiger partial charge on any atom is 0.124 e. The van der Waals surface area contributed by atoms with Crippen molar-refractivity contribution in [3.8, 4) is 0 Å². The molecule has 2 N–H and O–H groups in total. The first kappa shape index (κ1) is 14.7. The molecule has 0 saturated heterocycles. The Morgan fingerprint density at radius 2 is 1.94 bits per heavy atom. The molecular formula is C12H9Br3FNS. The van der Waals surface area contributed by atoms with E-state index in [1.807, 2.05) is 6.07 Å². The Morgan fingerprint density at radius 3 is 2.50 bits per heavy atom. The van der Waals surface area contributed by atoms with E-state index in [4.69, 9.17) is 5.73 Å². The van der Waals surface area contributed by atoms with Gasteiger partial charge in [-0.05, 0) is 67.6 Å². The van der Waals surface area contributed by atoms with Gasteiger partial charge < -0.3 is 5.73 Å². The molecule has 1 aromatic heterocycles. The van der Waals surface area contributed by atoms with Gasteiger partial charge in [-0.1, -0.05) is 22.0 Å². The van der Waals surface area contributed by atoms with E-state index in [9.17, 15) is 4.39 Å². The standard InChI is InChI=1S/C12H9Br3FNS/c13-9-4-7(16)2-1-6(9)3-10(17)8-5-11(14)18-12(8)15/h1-2,4-5,10H,3,17H2. The SMILES string of the molecule is NC(Cc1ccc(F)cc1Br)c1cc(Br)sc1Br. The molecule has 0 aliphatic rings. The Bertz CT molecular complexity index is 570. The largest absolute Gasteiger partial charge is 0.324 e. The van der Waals surface area contributed by atoms with E-state index in [1.54, 1.807) is 17.4 Å². The molecule has 0 aliphatic carbocycles. The Balaban J connectivity index is 2.21. The van der Waals surface area contributed by atoms with Gasteiger partial charge in [0.2, 0.25) is 0 Å². The zero-order valence-electron chi connectivity index (χ0n) is 9.09. The summed E-state index contributed by atoms with van der Waals surface area (Å²) in [5, 5.41) is 0. The molecule has 1 aromatic carbocycles. The molecular weight excluding hydrogens is 449 g/mol. The van der Waals surface area contributed by atoms with Crippen molar-refractivity contribution in [2.24, 2.45) is 5.73 Å². The lowest BCUT2D eigenvalue weighted by molar-refractivity contribution is 0.624. The smallest absolute Gasteiger partial charge is 0.124 e. The number of hydrogen-bond acceptors (Lipinski definition) is 2. The number of nitrogens with two attached hydrogens (primary N) is 1. The van der Waals surface area contributed by atoms with Gasteiger partial charge >= 0.3 is 0 Å². The topological polar surface area (TPSA) is 26.0 Å². The third-order valence-corrected chi connectivity index (χ3v) is 5.66. The first-order valence-corrected chi connectivity index (χ1v) is 8.31. The zero-order chi connectivity index (χ0) is 13.3. The number of halogens is 4. The van der Waals surface area contributed by atoms with Crippen molar-refractivity contribution in [2.45, 2.75) is 12.5 Å². The summed E-state index contributed by atoms with van der Waals surface area (Å²) in [4.78, 5) is 0. The fourth-order valence-corrected chi connectivity index (χ4v) is 5.15. The molecule has 0 aliphatic heterocycles. The molecule has 2 aromatic rings. The predicted molar refractivity (Wildman–Crippen MR) is 84.5 cm³/mol. The second-order valence-electron chi connectivity index (χ2n) is 3.83. The van der Waals surface area contributed by atoms with Crippen LogP contribution >= 0.6 is 59.1 Å². The van der Waals surface area contributed by atoms with Crippen LogP contribution in [0.15, 0.2) is 36.3 Å². The minimum Gasteiger partial charge on any atom is -0.324 e. The Labute approximate surface area is 134 Å². The maximum atomic E-state index is 13.0. The summed E-state index contributed by atoms with van der Waals surface area (Å²) in [7, 11) is 0. The normalized spacial score (nSPS) is 12.7. The third-order valence-electron chi connectivity index (χ3n) is 2.54. The van der Waals surface area contributed by atoms with Crippen molar-refractivity contribution in [1.82, 2.24) is 0 Å². The average Bonchev–Trinajstić information content (AvgIpc) is 2.62. The van der Waals surface area contributed by atoms with Crippen LogP contribution < -0.4 is 5.73 Å². The van der Waals surface area contributed by atoms with Crippen LogP contribution in [0.4, 0.5) is 4.39 Å². The fourth-order valence-electron chi connectivity index (χ4n) is 1.64. The summed E-state index contributed by atoms with van der Waals surface area (Å²) in [5.74, 6) is -0.251. The Kier molecular flexibility index (Phi) is 4.99. The van der Waals surface area contributed by atoms with Gasteiger partial charge in [0, 0.05) is 10.5 Å². The second kappa shape index (κ2) is 6.13. The molecule has 0 radical (unpaired) electrons. The summed E-state index contributed by atoms with van der Waals surface area (Å²) in [5.41, 5.74) is 8.25. The van der Waals surface area contributed by atoms with Gasteiger partial charge in [0.25, 0.3) is 0 Å². The molecule has 0 spiro atoms. The van der Waals surface area contributed by atoms with E-state index in [0.29, 0.717) is 6.42 Å². The first-order valence-electron chi connectivity index (χ1n) is 5.11. The second-order valence-corrected chi connectivity index (χ2v) is 8.43. The van der Waals surface area contributed by atoms with Crippen LogP contribution in [0.3, 0.4) is 0 Å². The molecule has 1 heterocycles. The number of benzene rings is 1. The summed E-state index contributed by atoms with van der Waals surface area (Å²) in [6, 6.07) is 6.56. The highest BCUT2D eigenvalue weighted by molar-refractivity contribution is 9.12. The quantitative estimate of drug-likeness (QED) is 0.654. The van der Waals surface area contributed by atoms with Crippen LogP contribution in [0.25, 0.3) is 0 Å². The van der Waals surface area contributed by atoms with Crippen LogP contribution in [0.1, 0.15) is 17.2 Å². The van der Waals surface area contributed by atoms with Gasteiger partial charge in [0.1, 0.15) is 5.82 Å². The van der Waals surface area contributed by atoms with Crippen LogP contribution in [0.2, 0.25) is 0 Å². The van der Waals surface area contributed by atoms with Crippen molar-refractivity contribution in [1.29, 1.82) is 0 Å². The molecule has 6 heteroatoms. The maximum absolute atomic E-state index is 13.0. The minimum absolute atomic E-state index is 0.122. The Hall–Kier alpha value is 0.250. The van der Waals surface area contributed by atoms with Crippen molar-refractivity contribution >= 4 is 59.1 Å². The van der Waals surface area contributed by atoms with Gasteiger partial charge in [-0.25, -0.2) is 4.39 Å². The third kappa shape index (κ3) is 3.42. The van der Waals surface area contributed by atoms with Gasteiger partial charge in [-0.15, -0.1) is 11.3 Å². The van der Waals surface area contributed by atoms with E-state index in [0.717, 1.165) is 23.2 Å². The first-order chi connectivity index (χ1) is 8.47. The summed E-state index contributed by atoms with van der Waals surface area (Å²) >= 11 is 11.9. The molecule has 18 heavy (non-hydrogen) atoms. The van der Waals surface area contributed by atoms with E-state index < -0.39 is 0 Å². The van der Waals surface area contributed by atoms with E-state index >= 15 is 0 Å². The van der Waals surface area contributed by atoms with Gasteiger partial charge in [0.05, 0.1) is 7.57 Å². The highest BCUT2D eigenvalue weighted by atomic mass is 79.9. The molecule has 96 valence electrons. The van der Waals surface area contributed by atoms with E-state index in [1.165, 1.54) is 12.1 Å². The molecule has 1 atom stereocenters.